The number of nitrogens with zero attached hydrogens (tertiary/aromatic N) is 1. The number of rotatable bonds is 10. The Morgan fingerprint density at radius 3 is 2.44 bits per heavy atom. The molecular formula is C26H23BrCl2N4O6. The quantitative estimate of drug-likeness (QED) is 0.158. The van der Waals surface area contributed by atoms with Gasteiger partial charge in [0.05, 0.1) is 40.1 Å². The molecule has 0 fully saturated rings. The van der Waals surface area contributed by atoms with E-state index in [1.54, 1.807) is 48.5 Å². The van der Waals surface area contributed by atoms with E-state index >= 15 is 0 Å². The van der Waals surface area contributed by atoms with E-state index in [-0.39, 0.29) is 28.2 Å². The molecule has 0 saturated heterocycles. The summed E-state index contributed by atoms with van der Waals surface area (Å²) >= 11 is 15.3. The highest BCUT2D eigenvalue weighted by molar-refractivity contribution is 9.10. The molecule has 39 heavy (non-hydrogen) atoms. The Bertz CT molecular complexity index is 1390. The first-order valence-electron chi connectivity index (χ1n) is 11.3. The molecule has 0 saturated carbocycles. The van der Waals surface area contributed by atoms with Gasteiger partial charge in [-0.1, -0.05) is 29.3 Å². The highest BCUT2D eigenvalue weighted by Gasteiger charge is 2.16. The number of methoxy groups -OCH3 is 1. The number of carbonyl (C=O) groups is 3. The van der Waals surface area contributed by atoms with E-state index in [1.807, 2.05) is 6.92 Å². The third-order valence-corrected chi connectivity index (χ3v) is 6.24. The van der Waals surface area contributed by atoms with Crippen LogP contribution in [0.2, 0.25) is 10.0 Å². The summed E-state index contributed by atoms with van der Waals surface area (Å²) in [6, 6.07) is 14.8. The lowest BCUT2D eigenvalue weighted by atomic mass is 10.2. The van der Waals surface area contributed by atoms with Gasteiger partial charge in [-0.15, -0.1) is 0 Å². The average molecular weight is 638 g/mol. The highest BCUT2D eigenvalue weighted by atomic mass is 79.9. The predicted molar refractivity (Wildman–Crippen MR) is 153 cm³/mol. The van der Waals surface area contributed by atoms with Crippen molar-refractivity contribution >= 4 is 74.4 Å². The minimum absolute atomic E-state index is 0.108. The van der Waals surface area contributed by atoms with E-state index in [4.69, 9.17) is 37.4 Å². The maximum absolute atomic E-state index is 12.4. The molecule has 0 aliphatic rings. The molecule has 0 heterocycles. The Balaban J connectivity index is 1.57. The molecular weight excluding hydrogens is 615 g/mol. The van der Waals surface area contributed by atoms with Crippen LogP contribution in [0.3, 0.4) is 0 Å². The van der Waals surface area contributed by atoms with Crippen molar-refractivity contribution in [2.75, 3.05) is 31.0 Å². The Morgan fingerprint density at radius 1 is 1.00 bits per heavy atom. The second kappa shape index (κ2) is 14.4. The fourth-order valence-corrected chi connectivity index (χ4v) is 4.01. The number of nitrogens with one attached hydrogen (secondary N) is 3. The molecule has 0 aliphatic heterocycles. The van der Waals surface area contributed by atoms with Crippen molar-refractivity contribution in [2.24, 2.45) is 5.10 Å². The van der Waals surface area contributed by atoms with Crippen molar-refractivity contribution in [3.8, 4) is 17.2 Å². The van der Waals surface area contributed by atoms with Gasteiger partial charge >= 0.3 is 11.8 Å². The number of amides is 3. The molecule has 0 aromatic heterocycles. The standard InChI is InChI=1S/C26H23BrCl2N4O6/c1-3-38-17-9-7-16(8-10-17)31-22(34)14-39-24-18(27)11-15(12-21(24)37-2)13-30-33-26(36)25(35)32-20-6-4-5-19(28)23(20)29/h4-13H,3,14H2,1-2H3,(H,31,34)(H,32,35)(H,33,36)/b30-13-. The van der Waals surface area contributed by atoms with Crippen molar-refractivity contribution in [1.29, 1.82) is 0 Å². The van der Waals surface area contributed by atoms with E-state index in [2.05, 4.69) is 37.1 Å². The monoisotopic (exact) mass is 636 g/mol. The van der Waals surface area contributed by atoms with Crippen LogP contribution in [0.5, 0.6) is 17.2 Å². The largest absolute Gasteiger partial charge is 0.494 e. The highest BCUT2D eigenvalue weighted by Crippen LogP contribution is 2.36. The van der Waals surface area contributed by atoms with Crippen LogP contribution in [-0.4, -0.2) is 44.3 Å². The number of benzene rings is 3. The first-order chi connectivity index (χ1) is 18.7. The van der Waals surface area contributed by atoms with Gasteiger partial charge in [0.1, 0.15) is 5.75 Å². The van der Waals surface area contributed by atoms with Gasteiger partial charge in [-0.2, -0.15) is 5.10 Å². The molecule has 0 spiro atoms. The topological polar surface area (TPSA) is 127 Å². The Hall–Kier alpha value is -3.80. The summed E-state index contributed by atoms with van der Waals surface area (Å²) in [5.74, 6) is -1.08. The lowest BCUT2D eigenvalue weighted by Crippen LogP contribution is -2.32. The summed E-state index contributed by atoms with van der Waals surface area (Å²) in [4.78, 5) is 36.6. The van der Waals surface area contributed by atoms with Crippen LogP contribution < -0.4 is 30.3 Å². The fourth-order valence-electron chi connectivity index (χ4n) is 3.09. The van der Waals surface area contributed by atoms with Gasteiger partial charge in [0.25, 0.3) is 5.91 Å². The number of halogens is 3. The Kier molecular flexibility index (Phi) is 11.0. The second-order valence-electron chi connectivity index (χ2n) is 7.58. The van der Waals surface area contributed by atoms with Gasteiger partial charge in [0.15, 0.2) is 18.1 Å². The van der Waals surface area contributed by atoms with Crippen LogP contribution >= 0.6 is 39.1 Å². The zero-order valence-corrected chi connectivity index (χ0v) is 23.8. The molecule has 0 atom stereocenters. The minimum Gasteiger partial charge on any atom is -0.494 e. The number of hydrazone groups is 1. The summed E-state index contributed by atoms with van der Waals surface area (Å²) in [6.07, 6.45) is 1.30. The summed E-state index contributed by atoms with van der Waals surface area (Å²) in [5.41, 5.74) is 3.41. The molecule has 3 amide bonds. The van der Waals surface area contributed by atoms with Crippen LogP contribution in [0.25, 0.3) is 0 Å². The van der Waals surface area contributed by atoms with Crippen LogP contribution in [0.15, 0.2) is 64.2 Å². The van der Waals surface area contributed by atoms with Crippen LogP contribution in [0.1, 0.15) is 12.5 Å². The second-order valence-corrected chi connectivity index (χ2v) is 9.22. The summed E-state index contributed by atoms with van der Waals surface area (Å²) in [6.45, 7) is 2.16. The van der Waals surface area contributed by atoms with Gasteiger partial charge in [-0.05, 0) is 76.9 Å². The first-order valence-corrected chi connectivity index (χ1v) is 12.9. The lowest BCUT2D eigenvalue weighted by molar-refractivity contribution is -0.136. The smallest absolute Gasteiger partial charge is 0.329 e. The van der Waals surface area contributed by atoms with Crippen molar-refractivity contribution in [3.05, 3.63) is 74.7 Å². The van der Waals surface area contributed by atoms with Crippen molar-refractivity contribution in [3.63, 3.8) is 0 Å². The Labute approximate surface area is 242 Å². The van der Waals surface area contributed by atoms with Gasteiger partial charge in [0.2, 0.25) is 0 Å². The summed E-state index contributed by atoms with van der Waals surface area (Å²) < 4.78 is 16.9. The lowest BCUT2D eigenvalue weighted by Gasteiger charge is -2.13. The van der Waals surface area contributed by atoms with E-state index in [0.717, 1.165) is 0 Å². The molecule has 13 heteroatoms. The van der Waals surface area contributed by atoms with E-state index in [0.29, 0.717) is 39.6 Å². The number of hydrogen-bond acceptors (Lipinski definition) is 7. The number of ether oxygens (including phenoxy) is 3. The molecule has 0 unspecified atom stereocenters. The van der Waals surface area contributed by atoms with Crippen LogP contribution in [-0.2, 0) is 14.4 Å². The molecule has 3 aromatic carbocycles. The molecule has 3 N–H and O–H groups in total. The fraction of sp³-hybridized carbons (Fsp3) is 0.154. The van der Waals surface area contributed by atoms with Gasteiger partial charge in [0, 0.05) is 5.69 Å². The average Bonchev–Trinajstić information content (AvgIpc) is 2.91. The first kappa shape index (κ1) is 29.8. The van der Waals surface area contributed by atoms with Crippen molar-refractivity contribution in [1.82, 2.24) is 5.43 Å². The normalized spacial score (nSPS) is 10.6. The van der Waals surface area contributed by atoms with Gasteiger partial charge in [-0.3, -0.25) is 14.4 Å². The SMILES string of the molecule is CCOc1ccc(NC(=O)COc2c(Br)cc(/C=N\NC(=O)C(=O)Nc3cccc(Cl)c3Cl)cc2OC)cc1. The molecule has 0 bridgehead atoms. The minimum atomic E-state index is -1.02. The maximum Gasteiger partial charge on any atom is 0.329 e. The zero-order valence-electron chi connectivity index (χ0n) is 20.7. The number of carbonyl (C=O) groups excluding carboxylic acids is 3. The van der Waals surface area contributed by atoms with Crippen LogP contribution in [0, 0.1) is 0 Å². The van der Waals surface area contributed by atoms with Gasteiger partial charge < -0.3 is 24.8 Å². The molecule has 0 aliphatic carbocycles. The Morgan fingerprint density at radius 2 is 1.74 bits per heavy atom. The predicted octanol–water partition coefficient (Wildman–Crippen LogP) is 5.27. The van der Waals surface area contributed by atoms with Gasteiger partial charge in [-0.25, -0.2) is 5.43 Å². The maximum atomic E-state index is 12.4. The van der Waals surface area contributed by atoms with Crippen molar-refractivity contribution in [2.45, 2.75) is 6.92 Å². The van der Waals surface area contributed by atoms with Crippen LogP contribution in [0.4, 0.5) is 11.4 Å². The third kappa shape index (κ3) is 8.60. The molecule has 10 nitrogen and oxygen atoms in total. The van der Waals surface area contributed by atoms with Crippen molar-refractivity contribution < 1.29 is 28.6 Å². The van der Waals surface area contributed by atoms with E-state index in [1.165, 1.54) is 19.4 Å². The number of hydrogen-bond donors (Lipinski definition) is 3. The van der Waals surface area contributed by atoms with E-state index in [9.17, 15) is 14.4 Å². The molecule has 3 aromatic rings. The number of anilines is 2. The molecule has 0 radical (unpaired) electrons. The summed E-state index contributed by atoms with van der Waals surface area (Å²) in [5, 5.41) is 9.22. The molecule has 204 valence electrons. The van der Waals surface area contributed by atoms with E-state index < -0.39 is 11.8 Å². The summed E-state index contributed by atoms with van der Waals surface area (Å²) in [7, 11) is 1.43. The third-order valence-electron chi connectivity index (χ3n) is 4.83. The molecule has 3 rings (SSSR count). The zero-order chi connectivity index (χ0) is 28.4.